The summed E-state index contributed by atoms with van der Waals surface area (Å²) in [5.74, 6) is 0.220. The van der Waals surface area contributed by atoms with Gasteiger partial charge >= 0.3 is 0 Å². The predicted octanol–water partition coefficient (Wildman–Crippen LogP) is 3.31. The van der Waals surface area contributed by atoms with Crippen LogP contribution in [0.2, 0.25) is 0 Å². The minimum atomic E-state index is -0.130. The number of hydrogen-bond acceptors (Lipinski definition) is 5. The number of carbonyl (C=O) groups is 2. The van der Waals surface area contributed by atoms with Gasteiger partial charge in [-0.15, -0.1) is 0 Å². The van der Waals surface area contributed by atoms with Crippen LogP contribution in [0.25, 0.3) is 6.08 Å². The van der Waals surface area contributed by atoms with Crippen LogP contribution in [0.3, 0.4) is 0 Å². The van der Waals surface area contributed by atoms with E-state index in [0.29, 0.717) is 23.5 Å². The van der Waals surface area contributed by atoms with Crippen molar-refractivity contribution in [3.05, 3.63) is 34.7 Å². The lowest BCUT2D eigenvalue weighted by atomic mass is 10.1. The van der Waals surface area contributed by atoms with Crippen molar-refractivity contribution in [1.82, 2.24) is 4.90 Å². The smallest absolute Gasteiger partial charge is 0.286 e. The van der Waals surface area contributed by atoms with Crippen LogP contribution >= 0.6 is 11.8 Å². The third kappa shape index (κ3) is 3.85. The summed E-state index contributed by atoms with van der Waals surface area (Å²) in [6.45, 7) is 3.58. The Labute approximate surface area is 158 Å². The first-order valence-corrected chi connectivity index (χ1v) is 10.1. The summed E-state index contributed by atoms with van der Waals surface area (Å²) in [6, 6.07) is 8.20. The zero-order valence-corrected chi connectivity index (χ0v) is 15.6. The second kappa shape index (κ2) is 7.66. The summed E-state index contributed by atoms with van der Waals surface area (Å²) in [6.07, 6.45) is 6.81. The Hall–Kier alpha value is -2.08. The molecular formula is C20H23N3O2S. The highest BCUT2D eigenvalue weighted by Gasteiger charge is 2.26. The molecule has 1 amide bonds. The number of thioether (sulfide) groups is 1. The maximum atomic E-state index is 12.2. The molecule has 0 aromatic heterocycles. The van der Waals surface area contributed by atoms with Crippen LogP contribution in [-0.2, 0) is 9.59 Å². The van der Waals surface area contributed by atoms with Gasteiger partial charge in [0.25, 0.3) is 5.91 Å². The number of likely N-dealkylation sites (tertiary alicyclic amines) is 1. The quantitative estimate of drug-likeness (QED) is 0.749. The zero-order valence-electron chi connectivity index (χ0n) is 14.8. The van der Waals surface area contributed by atoms with Crippen molar-refractivity contribution in [2.24, 2.45) is 4.99 Å². The largest absolute Gasteiger partial charge is 0.371 e. The van der Waals surface area contributed by atoms with E-state index in [0.717, 1.165) is 42.6 Å². The number of nitrogens with zero attached hydrogens (tertiary/aromatic N) is 3. The van der Waals surface area contributed by atoms with Crippen molar-refractivity contribution in [1.29, 1.82) is 0 Å². The van der Waals surface area contributed by atoms with Crippen molar-refractivity contribution >= 4 is 40.4 Å². The normalized spacial score (nSPS) is 22.9. The van der Waals surface area contributed by atoms with E-state index in [-0.39, 0.29) is 5.91 Å². The van der Waals surface area contributed by atoms with Crippen LogP contribution in [0.4, 0.5) is 5.69 Å². The molecule has 136 valence electrons. The number of piperidine rings is 2. The fraction of sp³-hybridized carbons (Fsp3) is 0.450. The number of aliphatic imine (C=N–C) groups is 1. The van der Waals surface area contributed by atoms with Crippen molar-refractivity contribution in [3.8, 4) is 0 Å². The van der Waals surface area contributed by atoms with Crippen molar-refractivity contribution in [2.75, 3.05) is 31.1 Å². The molecule has 0 saturated carbocycles. The highest BCUT2D eigenvalue weighted by Crippen LogP contribution is 2.31. The second-order valence-electron chi connectivity index (χ2n) is 6.98. The van der Waals surface area contributed by atoms with E-state index >= 15 is 0 Å². The van der Waals surface area contributed by atoms with E-state index in [1.165, 1.54) is 31.0 Å². The molecule has 0 radical (unpaired) electrons. The van der Waals surface area contributed by atoms with Crippen LogP contribution in [-0.4, -0.2) is 47.9 Å². The fourth-order valence-electron chi connectivity index (χ4n) is 3.57. The second-order valence-corrected chi connectivity index (χ2v) is 7.98. The highest BCUT2D eigenvalue weighted by atomic mass is 32.2. The van der Waals surface area contributed by atoms with Crippen molar-refractivity contribution in [2.45, 2.75) is 32.1 Å². The van der Waals surface area contributed by atoms with E-state index in [1.807, 2.05) is 18.2 Å². The minimum absolute atomic E-state index is 0.130. The van der Waals surface area contributed by atoms with Gasteiger partial charge in [0.2, 0.25) is 0 Å². The summed E-state index contributed by atoms with van der Waals surface area (Å²) in [4.78, 5) is 33.0. The number of carbonyl (C=O) groups excluding carboxylic acids is 2. The molecule has 2 saturated heterocycles. The summed E-state index contributed by atoms with van der Waals surface area (Å²) in [5, 5.41) is 0.857. The van der Waals surface area contributed by atoms with Crippen LogP contribution in [0.5, 0.6) is 0 Å². The van der Waals surface area contributed by atoms with Gasteiger partial charge in [-0.25, -0.2) is 0 Å². The number of benzene rings is 1. The summed E-state index contributed by atoms with van der Waals surface area (Å²) in [7, 11) is 0. The third-order valence-electron chi connectivity index (χ3n) is 5.11. The van der Waals surface area contributed by atoms with E-state index in [4.69, 9.17) is 0 Å². The Balaban J connectivity index is 1.42. The van der Waals surface area contributed by atoms with Crippen LogP contribution in [0.15, 0.2) is 34.2 Å². The van der Waals surface area contributed by atoms with Gasteiger partial charge in [-0.3, -0.25) is 9.59 Å². The summed E-state index contributed by atoms with van der Waals surface area (Å²) in [5.41, 5.74) is 2.14. The average molecular weight is 369 g/mol. The van der Waals surface area contributed by atoms with Crippen LogP contribution in [0, 0.1) is 0 Å². The van der Waals surface area contributed by atoms with E-state index in [2.05, 4.69) is 26.9 Å². The number of ketones is 1. The van der Waals surface area contributed by atoms with Crippen LogP contribution < -0.4 is 4.90 Å². The van der Waals surface area contributed by atoms with Gasteiger partial charge < -0.3 is 9.80 Å². The van der Waals surface area contributed by atoms with Crippen LogP contribution in [0.1, 0.15) is 37.7 Å². The third-order valence-corrected chi connectivity index (χ3v) is 6.16. The van der Waals surface area contributed by atoms with Gasteiger partial charge in [-0.2, -0.15) is 4.99 Å². The van der Waals surface area contributed by atoms with Gasteiger partial charge in [0, 0.05) is 44.7 Å². The molecule has 0 unspecified atom stereocenters. The van der Waals surface area contributed by atoms with Gasteiger partial charge in [0.05, 0.1) is 4.91 Å². The molecule has 3 aliphatic rings. The number of hydrogen-bond donors (Lipinski definition) is 0. The topological polar surface area (TPSA) is 53.0 Å². The lowest BCUT2D eigenvalue weighted by Crippen LogP contribution is -2.33. The van der Waals surface area contributed by atoms with Crippen molar-refractivity contribution in [3.63, 3.8) is 0 Å². The SMILES string of the molecule is O=C1CCN(c2ccc(C=C3SC(N4CCCCC4)=NC3=O)cc2)CC1. The minimum Gasteiger partial charge on any atom is -0.371 e. The van der Waals surface area contributed by atoms with Crippen molar-refractivity contribution < 1.29 is 9.59 Å². The molecular weight excluding hydrogens is 346 g/mol. The molecule has 0 bridgehead atoms. The molecule has 0 aliphatic carbocycles. The van der Waals surface area contributed by atoms with Gasteiger partial charge in [0.15, 0.2) is 5.17 Å². The Bertz CT molecular complexity index is 754. The Morgan fingerprint density at radius 3 is 2.27 bits per heavy atom. The maximum absolute atomic E-state index is 12.2. The first kappa shape index (κ1) is 17.3. The first-order chi connectivity index (χ1) is 12.7. The molecule has 26 heavy (non-hydrogen) atoms. The molecule has 0 spiro atoms. The number of amidine groups is 1. The number of anilines is 1. The maximum Gasteiger partial charge on any atom is 0.286 e. The molecule has 2 fully saturated rings. The van der Waals surface area contributed by atoms with Gasteiger partial charge in [-0.05, 0) is 54.8 Å². The van der Waals surface area contributed by atoms with E-state index < -0.39 is 0 Å². The number of amides is 1. The standard InChI is InChI=1S/C20H23N3O2S/c24-17-8-12-22(13-9-17)16-6-4-15(5-7-16)14-18-19(25)21-20(26-18)23-10-2-1-3-11-23/h4-7,14H,1-3,8-13H2. The van der Waals surface area contributed by atoms with E-state index in [9.17, 15) is 9.59 Å². The molecule has 5 nitrogen and oxygen atoms in total. The molecule has 1 aromatic carbocycles. The highest BCUT2D eigenvalue weighted by molar-refractivity contribution is 8.18. The molecule has 3 aliphatic heterocycles. The molecule has 6 heteroatoms. The number of Topliss-reactive ketones (excluding diaryl/α,β-unsaturated/α-hetero) is 1. The zero-order chi connectivity index (χ0) is 17.9. The summed E-state index contributed by atoms with van der Waals surface area (Å²) >= 11 is 1.49. The predicted molar refractivity (Wildman–Crippen MR) is 106 cm³/mol. The van der Waals surface area contributed by atoms with Gasteiger partial charge in [-0.1, -0.05) is 12.1 Å². The molecule has 3 heterocycles. The van der Waals surface area contributed by atoms with E-state index in [1.54, 1.807) is 0 Å². The first-order valence-electron chi connectivity index (χ1n) is 9.33. The Morgan fingerprint density at radius 2 is 1.58 bits per heavy atom. The molecule has 1 aromatic rings. The fourth-order valence-corrected chi connectivity index (χ4v) is 4.53. The lowest BCUT2D eigenvalue weighted by molar-refractivity contribution is -0.119. The average Bonchev–Trinajstić information content (AvgIpc) is 3.04. The molecule has 0 atom stereocenters. The summed E-state index contributed by atoms with van der Waals surface area (Å²) < 4.78 is 0. The molecule has 0 N–H and O–H groups in total. The molecule has 4 rings (SSSR count). The number of rotatable bonds is 2. The van der Waals surface area contributed by atoms with Gasteiger partial charge in [0.1, 0.15) is 5.78 Å². The Kier molecular flexibility index (Phi) is 5.11. The monoisotopic (exact) mass is 369 g/mol. The Morgan fingerprint density at radius 1 is 0.885 bits per heavy atom. The lowest BCUT2D eigenvalue weighted by Gasteiger charge is -2.28.